The van der Waals surface area contributed by atoms with Crippen LogP contribution >= 0.6 is 0 Å². The Balaban J connectivity index is 2.42. The van der Waals surface area contributed by atoms with Gasteiger partial charge in [0, 0.05) is 13.5 Å². The fourth-order valence-corrected chi connectivity index (χ4v) is 1.59. The van der Waals surface area contributed by atoms with E-state index in [2.05, 4.69) is 6.58 Å². The summed E-state index contributed by atoms with van der Waals surface area (Å²) in [4.78, 5) is 0. The molecule has 1 aliphatic carbocycles. The highest BCUT2D eigenvalue weighted by molar-refractivity contribution is 5.02. The van der Waals surface area contributed by atoms with Gasteiger partial charge in [-0.2, -0.15) is 0 Å². The molecule has 0 aromatic heterocycles. The zero-order valence-electron chi connectivity index (χ0n) is 7.97. The highest BCUT2D eigenvalue weighted by Gasteiger charge is 2.38. The Bertz CT molecular complexity index is 165. The van der Waals surface area contributed by atoms with Crippen molar-refractivity contribution in [3.63, 3.8) is 0 Å². The average Bonchev–Trinajstić information content (AvgIpc) is 1.96. The maximum atomic E-state index is 9.58. The van der Waals surface area contributed by atoms with E-state index in [0.717, 1.165) is 18.4 Å². The van der Waals surface area contributed by atoms with E-state index >= 15 is 0 Å². The van der Waals surface area contributed by atoms with Gasteiger partial charge in [0.25, 0.3) is 0 Å². The number of ether oxygens (including phenoxy) is 1. The number of rotatable bonds is 4. The monoisotopic (exact) mass is 170 g/mol. The molecular formula is C10H18O2. The minimum absolute atomic E-state index is 0.0433. The first kappa shape index (κ1) is 9.75. The van der Waals surface area contributed by atoms with Gasteiger partial charge in [0.1, 0.15) is 0 Å². The zero-order valence-corrected chi connectivity index (χ0v) is 7.97. The van der Waals surface area contributed by atoms with Gasteiger partial charge in [-0.15, -0.1) is 0 Å². The van der Waals surface area contributed by atoms with E-state index in [-0.39, 0.29) is 5.60 Å². The Kier molecular flexibility index (Phi) is 2.91. The molecule has 0 saturated heterocycles. The highest BCUT2D eigenvalue weighted by atomic mass is 16.5. The number of hydrogen-bond acceptors (Lipinski definition) is 2. The van der Waals surface area contributed by atoms with Crippen molar-refractivity contribution in [2.75, 3.05) is 7.11 Å². The molecule has 0 aliphatic heterocycles. The van der Waals surface area contributed by atoms with E-state index in [1.165, 1.54) is 6.42 Å². The molecule has 0 aromatic carbocycles. The summed E-state index contributed by atoms with van der Waals surface area (Å²) in [6, 6.07) is 0. The van der Waals surface area contributed by atoms with Crippen LogP contribution in [0.25, 0.3) is 0 Å². The summed E-state index contributed by atoms with van der Waals surface area (Å²) in [6.45, 7) is 5.58. The van der Waals surface area contributed by atoms with Gasteiger partial charge in [-0.1, -0.05) is 12.2 Å². The minimum atomic E-state index is -0.398. The molecule has 1 fully saturated rings. The van der Waals surface area contributed by atoms with E-state index in [4.69, 9.17) is 4.74 Å². The fraction of sp³-hybridized carbons (Fsp3) is 0.800. The Hall–Kier alpha value is -0.340. The molecular weight excluding hydrogens is 152 g/mol. The van der Waals surface area contributed by atoms with Gasteiger partial charge in [-0.25, -0.2) is 0 Å². The first-order valence-corrected chi connectivity index (χ1v) is 4.48. The summed E-state index contributed by atoms with van der Waals surface area (Å²) in [5, 5.41) is 9.58. The van der Waals surface area contributed by atoms with E-state index in [9.17, 15) is 5.11 Å². The van der Waals surface area contributed by atoms with Crippen LogP contribution in [-0.4, -0.2) is 23.9 Å². The SMILES string of the molecule is C=C(C)C(O)CC1(OC)CCC1. The predicted octanol–water partition coefficient (Wildman–Crippen LogP) is 1.88. The zero-order chi connectivity index (χ0) is 9.19. The number of methoxy groups -OCH3 is 1. The van der Waals surface area contributed by atoms with Gasteiger partial charge in [0.05, 0.1) is 11.7 Å². The summed E-state index contributed by atoms with van der Waals surface area (Å²) < 4.78 is 5.39. The molecule has 0 heterocycles. The topological polar surface area (TPSA) is 29.5 Å². The Morgan fingerprint density at radius 3 is 2.50 bits per heavy atom. The average molecular weight is 170 g/mol. The van der Waals surface area contributed by atoms with E-state index < -0.39 is 6.10 Å². The van der Waals surface area contributed by atoms with Crippen molar-refractivity contribution in [2.24, 2.45) is 0 Å². The molecule has 0 spiro atoms. The molecule has 0 aromatic rings. The third kappa shape index (κ3) is 1.87. The highest BCUT2D eigenvalue weighted by Crippen LogP contribution is 2.39. The Labute approximate surface area is 74.2 Å². The number of hydrogen-bond donors (Lipinski definition) is 1. The quantitative estimate of drug-likeness (QED) is 0.653. The molecule has 1 unspecified atom stereocenters. The lowest BCUT2D eigenvalue weighted by atomic mass is 9.75. The normalized spacial score (nSPS) is 22.9. The van der Waals surface area contributed by atoms with Crippen molar-refractivity contribution < 1.29 is 9.84 Å². The van der Waals surface area contributed by atoms with Gasteiger partial charge in [0.15, 0.2) is 0 Å². The summed E-state index contributed by atoms with van der Waals surface area (Å²) in [6.07, 6.45) is 3.68. The van der Waals surface area contributed by atoms with Crippen LogP contribution in [0.3, 0.4) is 0 Å². The molecule has 0 radical (unpaired) electrons. The second-order valence-electron chi connectivity index (χ2n) is 3.81. The maximum absolute atomic E-state index is 9.58. The smallest absolute Gasteiger partial charge is 0.0772 e. The van der Waals surface area contributed by atoms with Crippen molar-refractivity contribution in [1.29, 1.82) is 0 Å². The van der Waals surface area contributed by atoms with Gasteiger partial charge in [-0.05, 0) is 26.2 Å². The third-order valence-electron chi connectivity index (χ3n) is 2.83. The molecule has 2 heteroatoms. The van der Waals surface area contributed by atoms with Crippen LogP contribution in [0.4, 0.5) is 0 Å². The van der Waals surface area contributed by atoms with Crippen molar-refractivity contribution in [3.8, 4) is 0 Å². The summed E-state index contributed by atoms with van der Waals surface area (Å²) in [5.41, 5.74) is 0.788. The van der Waals surface area contributed by atoms with Crippen LogP contribution in [-0.2, 0) is 4.74 Å². The van der Waals surface area contributed by atoms with Crippen molar-refractivity contribution in [1.82, 2.24) is 0 Å². The molecule has 12 heavy (non-hydrogen) atoms. The largest absolute Gasteiger partial charge is 0.389 e. The fourth-order valence-electron chi connectivity index (χ4n) is 1.59. The molecule has 1 saturated carbocycles. The second-order valence-corrected chi connectivity index (χ2v) is 3.81. The molecule has 1 rings (SSSR count). The molecule has 1 atom stereocenters. The second kappa shape index (κ2) is 3.58. The van der Waals surface area contributed by atoms with E-state index in [1.807, 2.05) is 6.92 Å². The number of aliphatic hydroxyl groups excluding tert-OH is 1. The Morgan fingerprint density at radius 1 is 1.67 bits per heavy atom. The molecule has 1 aliphatic rings. The lowest BCUT2D eigenvalue weighted by Gasteiger charge is -2.41. The molecule has 1 N–H and O–H groups in total. The van der Waals surface area contributed by atoms with Gasteiger partial charge < -0.3 is 9.84 Å². The predicted molar refractivity (Wildman–Crippen MR) is 49.0 cm³/mol. The van der Waals surface area contributed by atoms with Crippen LogP contribution in [0.2, 0.25) is 0 Å². The maximum Gasteiger partial charge on any atom is 0.0772 e. The molecule has 0 bridgehead atoms. The van der Waals surface area contributed by atoms with Crippen LogP contribution in [0.15, 0.2) is 12.2 Å². The van der Waals surface area contributed by atoms with Crippen LogP contribution < -0.4 is 0 Å². The lowest BCUT2D eigenvalue weighted by Crippen LogP contribution is -2.42. The standard InChI is InChI=1S/C10H18O2/c1-8(2)9(11)7-10(12-3)5-4-6-10/h9,11H,1,4-7H2,2-3H3. The van der Waals surface area contributed by atoms with E-state index in [0.29, 0.717) is 6.42 Å². The molecule has 0 amide bonds. The van der Waals surface area contributed by atoms with Gasteiger partial charge >= 0.3 is 0 Å². The third-order valence-corrected chi connectivity index (χ3v) is 2.83. The number of aliphatic hydroxyl groups is 1. The van der Waals surface area contributed by atoms with E-state index in [1.54, 1.807) is 7.11 Å². The summed E-state index contributed by atoms with van der Waals surface area (Å²) in [5.74, 6) is 0. The van der Waals surface area contributed by atoms with Crippen LogP contribution in [0, 0.1) is 0 Å². The lowest BCUT2D eigenvalue weighted by molar-refractivity contribution is -0.0945. The Morgan fingerprint density at radius 2 is 2.25 bits per heavy atom. The van der Waals surface area contributed by atoms with Crippen molar-refractivity contribution in [2.45, 2.75) is 44.3 Å². The van der Waals surface area contributed by atoms with Crippen LogP contribution in [0.5, 0.6) is 0 Å². The summed E-state index contributed by atoms with van der Waals surface area (Å²) >= 11 is 0. The van der Waals surface area contributed by atoms with Crippen LogP contribution in [0.1, 0.15) is 32.6 Å². The minimum Gasteiger partial charge on any atom is -0.389 e. The van der Waals surface area contributed by atoms with Gasteiger partial charge in [0.2, 0.25) is 0 Å². The molecule has 70 valence electrons. The first-order valence-electron chi connectivity index (χ1n) is 4.48. The van der Waals surface area contributed by atoms with Gasteiger partial charge in [-0.3, -0.25) is 0 Å². The summed E-state index contributed by atoms with van der Waals surface area (Å²) in [7, 11) is 1.73. The van der Waals surface area contributed by atoms with Crippen molar-refractivity contribution in [3.05, 3.63) is 12.2 Å². The first-order chi connectivity index (χ1) is 5.59. The van der Waals surface area contributed by atoms with Crippen molar-refractivity contribution >= 4 is 0 Å². The molecule has 2 nitrogen and oxygen atoms in total.